The second-order valence-corrected chi connectivity index (χ2v) is 7.66. The zero-order chi connectivity index (χ0) is 19.0. The third-order valence-electron chi connectivity index (χ3n) is 4.51. The van der Waals surface area contributed by atoms with Crippen molar-refractivity contribution in [2.75, 3.05) is 19.8 Å². The Morgan fingerprint density at radius 3 is 2.15 bits per heavy atom. The minimum absolute atomic E-state index is 0.200. The predicted molar refractivity (Wildman–Crippen MR) is 109 cm³/mol. The quantitative estimate of drug-likeness (QED) is 0.623. The number of benzene rings is 2. The molecule has 142 valence electrons. The molecule has 0 bridgehead atoms. The van der Waals surface area contributed by atoms with Gasteiger partial charge in [0, 0.05) is 19.2 Å². The Morgan fingerprint density at radius 1 is 0.923 bits per heavy atom. The molecule has 0 fully saturated rings. The maximum atomic E-state index is 5.67. The van der Waals surface area contributed by atoms with E-state index in [9.17, 15) is 0 Å². The van der Waals surface area contributed by atoms with Crippen LogP contribution in [0.4, 0.5) is 0 Å². The molecule has 3 nitrogen and oxygen atoms in total. The van der Waals surface area contributed by atoms with Crippen LogP contribution in [0.2, 0.25) is 0 Å². The summed E-state index contributed by atoms with van der Waals surface area (Å²) in [5, 5.41) is 3.59. The van der Waals surface area contributed by atoms with Gasteiger partial charge in [-0.2, -0.15) is 0 Å². The molecule has 0 saturated carbocycles. The fourth-order valence-electron chi connectivity index (χ4n) is 2.73. The smallest absolute Gasteiger partial charge is 0.119 e. The first-order valence-electron chi connectivity index (χ1n) is 9.53. The highest BCUT2D eigenvalue weighted by atomic mass is 16.5. The molecular weight excluding hydrogens is 322 g/mol. The van der Waals surface area contributed by atoms with Gasteiger partial charge in [-0.25, -0.2) is 0 Å². The predicted octanol–water partition coefficient (Wildman–Crippen LogP) is 5.25. The van der Waals surface area contributed by atoms with Gasteiger partial charge >= 0.3 is 0 Å². The maximum Gasteiger partial charge on any atom is 0.119 e. The molecular formula is C23H33NO2. The van der Waals surface area contributed by atoms with E-state index in [-0.39, 0.29) is 11.5 Å². The Morgan fingerprint density at radius 2 is 1.58 bits per heavy atom. The van der Waals surface area contributed by atoms with Gasteiger partial charge in [-0.15, -0.1) is 0 Å². The number of nitrogens with one attached hydrogen (secondary N) is 1. The van der Waals surface area contributed by atoms with Crippen molar-refractivity contribution in [3.05, 3.63) is 65.2 Å². The van der Waals surface area contributed by atoms with Crippen molar-refractivity contribution >= 4 is 0 Å². The molecule has 2 aromatic carbocycles. The van der Waals surface area contributed by atoms with Crippen molar-refractivity contribution in [2.45, 2.75) is 52.6 Å². The van der Waals surface area contributed by atoms with E-state index in [1.165, 1.54) is 16.7 Å². The minimum atomic E-state index is 0.200. The molecule has 0 saturated heterocycles. The Labute approximate surface area is 158 Å². The van der Waals surface area contributed by atoms with Gasteiger partial charge in [-0.3, -0.25) is 0 Å². The second kappa shape index (κ2) is 9.75. The molecule has 0 aromatic heterocycles. The normalized spacial score (nSPS) is 12.8. The molecule has 26 heavy (non-hydrogen) atoms. The van der Waals surface area contributed by atoms with Crippen LogP contribution in [0.3, 0.4) is 0 Å². The van der Waals surface area contributed by atoms with Gasteiger partial charge in [0.2, 0.25) is 0 Å². The van der Waals surface area contributed by atoms with Crippen LogP contribution in [0, 0.1) is 0 Å². The highest BCUT2D eigenvalue weighted by molar-refractivity contribution is 5.30. The molecule has 0 aliphatic rings. The zero-order valence-electron chi connectivity index (χ0n) is 16.8. The molecule has 0 aliphatic carbocycles. The summed E-state index contributed by atoms with van der Waals surface area (Å²) in [4.78, 5) is 0. The van der Waals surface area contributed by atoms with Gasteiger partial charge in [-0.1, -0.05) is 57.2 Å². The number of ether oxygens (including phenoxy) is 2. The molecule has 2 aromatic rings. The van der Waals surface area contributed by atoms with Crippen molar-refractivity contribution in [2.24, 2.45) is 0 Å². The van der Waals surface area contributed by atoms with Gasteiger partial charge in [0.25, 0.3) is 0 Å². The van der Waals surface area contributed by atoms with Crippen molar-refractivity contribution in [1.82, 2.24) is 5.32 Å². The lowest BCUT2D eigenvalue weighted by Crippen LogP contribution is -2.18. The Kier molecular flexibility index (Phi) is 7.67. The van der Waals surface area contributed by atoms with E-state index >= 15 is 0 Å². The average Bonchev–Trinajstić information content (AvgIpc) is 2.63. The molecule has 0 heterocycles. The van der Waals surface area contributed by atoms with E-state index in [4.69, 9.17) is 9.47 Å². The van der Waals surface area contributed by atoms with E-state index in [1.54, 1.807) is 0 Å². The van der Waals surface area contributed by atoms with Gasteiger partial charge in [0.05, 0.1) is 6.61 Å². The van der Waals surface area contributed by atoms with Crippen LogP contribution in [-0.2, 0) is 16.7 Å². The standard InChI is InChI=1S/C23H33NO2/c1-6-25-15-16-26-22-13-9-20(10-14-22)18(2)24-17-19-7-11-21(12-8-19)23(3,4)5/h7-14,18,24H,6,15-17H2,1-5H3. The van der Waals surface area contributed by atoms with Gasteiger partial charge < -0.3 is 14.8 Å². The van der Waals surface area contributed by atoms with Crippen molar-refractivity contribution < 1.29 is 9.47 Å². The summed E-state index contributed by atoms with van der Waals surface area (Å²) in [6, 6.07) is 17.5. The van der Waals surface area contributed by atoms with Crippen LogP contribution >= 0.6 is 0 Å². The number of hydrogen-bond donors (Lipinski definition) is 1. The van der Waals surface area contributed by atoms with Crippen LogP contribution in [0.25, 0.3) is 0 Å². The van der Waals surface area contributed by atoms with Gasteiger partial charge in [0.15, 0.2) is 0 Å². The fourth-order valence-corrected chi connectivity index (χ4v) is 2.73. The van der Waals surface area contributed by atoms with Crippen molar-refractivity contribution in [3.63, 3.8) is 0 Å². The molecule has 3 heteroatoms. The second-order valence-electron chi connectivity index (χ2n) is 7.66. The Balaban J connectivity index is 1.82. The first-order valence-corrected chi connectivity index (χ1v) is 9.53. The topological polar surface area (TPSA) is 30.5 Å². The van der Waals surface area contributed by atoms with Crippen molar-refractivity contribution in [3.8, 4) is 5.75 Å². The number of hydrogen-bond acceptors (Lipinski definition) is 3. The minimum Gasteiger partial charge on any atom is -0.491 e. The molecule has 1 N–H and O–H groups in total. The lowest BCUT2D eigenvalue weighted by atomic mass is 9.87. The summed E-state index contributed by atoms with van der Waals surface area (Å²) >= 11 is 0. The van der Waals surface area contributed by atoms with Gasteiger partial charge in [-0.05, 0) is 48.1 Å². The SMILES string of the molecule is CCOCCOc1ccc(C(C)NCc2ccc(C(C)(C)C)cc2)cc1. The maximum absolute atomic E-state index is 5.67. The third-order valence-corrected chi connectivity index (χ3v) is 4.51. The molecule has 1 unspecified atom stereocenters. The lowest BCUT2D eigenvalue weighted by molar-refractivity contribution is 0.110. The van der Waals surface area contributed by atoms with E-state index in [2.05, 4.69) is 69.4 Å². The molecule has 0 amide bonds. The first-order chi connectivity index (χ1) is 12.4. The van der Waals surface area contributed by atoms with Crippen LogP contribution in [0.15, 0.2) is 48.5 Å². The summed E-state index contributed by atoms with van der Waals surface area (Å²) < 4.78 is 10.9. The fraction of sp³-hybridized carbons (Fsp3) is 0.478. The van der Waals surface area contributed by atoms with Crippen LogP contribution in [0.5, 0.6) is 5.75 Å². The first kappa shape index (κ1) is 20.5. The molecule has 0 aliphatic heterocycles. The Hall–Kier alpha value is -1.84. The largest absolute Gasteiger partial charge is 0.491 e. The van der Waals surface area contributed by atoms with E-state index in [0.717, 1.165) is 18.9 Å². The molecule has 1 atom stereocenters. The summed E-state index contributed by atoms with van der Waals surface area (Å²) in [5.41, 5.74) is 4.13. The highest BCUT2D eigenvalue weighted by Gasteiger charge is 2.13. The lowest BCUT2D eigenvalue weighted by Gasteiger charge is -2.20. The monoisotopic (exact) mass is 355 g/mol. The summed E-state index contributed by atoms with van der Waals surface area (Å²) in [6.07, 6.45) is 0. The van der Waals surface area contributed by atoms with E-state index < -0.39 is 0 Å². The molecule has 2 rings (SSSR count). The van der Waals surface area contributed by atoms with Crippen LogP contribution in [0.1, 0.15) is 57.4 Å². The van der Waals surface area contributed by atoms with Crippen molar-refractivity contribution in [1.29, 1.82) is 0 Å². The summed E-state index contributed by atoms with van der Waals surface area (Å²) in [7, 11) is 0. The number of rotatable bonds is 9. The highest BCUT2D eigenvalue weighted by Crippen LogP contribution is 2.22. The zero-order valence-corrected chi connectivity index (χ0v) is 16.8. The van der Waals surface area contributed by atoms with E-state index in [0.29, 0.717) is 13.2 Å². The summed E-state index contributed by atoms with van der Waals surface area (Å²) in [5.74, 6) is 0.887. The summed E-state index contributed by atoms with van der Waals surface area (Å²) in [6.45, 7) is 13.7. The van der Waals surface area contributed by atoms with Crippen LogP contribution in [-0.4, -0.2) is 19.8 Å². The van der Waals surface area contributed by atoms with Gasteiger partial charge in [0.1, 0.15) is 12.4 Å². The average molecular weight is 356 g/mol. The molecule has 0 spiro atoms. The van der Waals surface area contributed by atoms with Crippen LogP contribution < -0.4 is 10.1 Å². The molecule has 0 radical (unpaired) electrons. The Bertz CT molecular complexity index is 641. The third kappa shape index (κ3) is 6.47. The van der Waals surface area contributed by atoms with E-state index in [1.807, 2.05) is 19.1 Å².